The molecule has 2 aromatic carbocycles. The zero-order valence-corrected chi connectivity index (χ0v) is 18.0. The Kier molecular flexibility index (Phi) is 6.16. The molecule has 0 unspecified atom stereocenters. The summed E-state index contributed by atoms with van der Waals surface area (Å²) in [5, 5.41) is 12.1. The van der Waals surface area contributed by atoms with E-state index in [9.17, 15) is 4.79 Å². The number of carbonyl (C=O) groups is 1. The molecule has 1 aliphatic rings. The summed E-state index contributed by atoms with van der Waals surface area (Å²) in [7, 11) is 0. The van der Waals surface area contributed by atoms with Gasteiger partial charge in [-0.2, -0.15) is 0 Å². The summed E-state index contributed by atoms with van der Waals surface area (Å²) in [4.78, 5) is 12.3. The molecule has 0 atom stereocenters. The second kappa shape index (κ2) is 8.97. The fourth-order valence-electron chi connectivity index (χ4n) is 3.34. The number of aromatic nitrogens is 3. The molecular formula is C21H20BrClN4O2. The number of nitrogens with one attached hydrogen (secondary N) is 1. The molecule has 1 aromatic heterocycles. The Morgan fingerprint density at radius 2 is 1.97 bits per heavy atom. The molecule has 4 rings (SSSR count). The first-order chi connectivity index (χ1) is 14.1. The maximum atomic E-state index is 12.3. The Morgan fingerprint density at radius 3 is 2.79 bits per heavy atom. The maximum absolute atomic E-state index is 12.3. The number of rotatable bonds is 5. The van der Waals surface area contributed by atoms with Crippen molar-refractivity contribution in [3.63, 3.8) is 0 Å². The van der Waals surface area contributed by atoms with E-state index in [-0.39, 0.29) is 12.5 Å². The van der Waals surface area contributed by atoms with Gasteiger partial charge in [-0.1, -0.05) is 34.0 Å². The minimum absolute atomic E-state index is 0.0834. The molecule has 3 aromatic rings. The average Bonchev–Trinajstić information content (AvgIpc) is 2.96. The maximum Gasteiger partial charge on any atom is 0.262 e. The number of amides is 1. The van der Waals surface area contributed by atoms with Crippen LogP contribution in [0.25, 0.3) is 11.4 Å². The van der Waals surface area contributed by atoms with Crippen LogP contribution in [0.5, 0.6) is 5.75 Å². The van der Waals surface area contributed by atoms with Gasteiger partial charge >= 0.3 is 0 Å². The smallest absolute Gasteiger partial charge is 0.262 e. The van der Waals surface area contributed by atoms with Gasteiger partial charge in [-0.3, -0.25) is 4.79 Å². The van der Waals surface area contributed by atoms with Gasteiger partial charge in [-0.05, 0) is 55.3 Å². The van der Waals surface area contributed by atoms with Crippen LogP contribution in [-0.4, -0.2) is 27.3 Å². The lowest BCUT2D eigenvalue weighted by atomic mass is 10.1. The van der Waals surface area contributed by atoms with Crippen molar-refractivity contribution < 1.29 is 9.53 Å². The van der Waals surface area contributed by atoms with E-state index < -0.39 is 0 Å². The fourth-order valence-corrected chi connectivity index (χ4v) is 3.80. The minimum Gasteiger partial charge on any atom is -0.484 e. The highest BCUT2D eigenvalue weighted by molar-refractivity contribution is 9.10. The van der Waals surface area contributed by atoms with Crippen LogP contribution in [-0.2, 0) is 17.8 Å². The van der Waals surface area contributed by atoms with E-state index in [4.69, 9.17) is 16.3 Å². The summed E-state index contributed by atoms with van der Waals surface area (Å²) in [6.07, 6.45) is 4.33. The zero-order chi connectivity index (χ0) is 20.2. The average molecular weight is 476 g/mol. The molecule has 1 amide bonds. The van der Waals surface area contributed by atoms with Crippen LogP contribution < -0.4 is 10.1 Å². The van der Waals surface area contributed by atoms with Crippen molar-refractivity contribution in [2.24, 2.45) is 0 Å². The van der Waals surface area contributed by atoms with Crippen molar-refractivity contribution in [1.82, 2.24) is 14.8 Å². The monoisotopic (exact) mass is 474 g/mol. The molecule has 1 aliphatic heterocycles. The van der Waals surface area contributed by atoms with Gasteiger partial charge in [0.25, 0.3) is 5.91 Å². The Hall–Kier alpha value is -2.38. The third kappa shape index (κ3) is 4.79. The van der Waals surface area contributed by atoms with Crippen LogP contribution >= 0.6 is 27.5 Å². The number of nitrogens with zero attached hydrogens (tertiary/aromatic N) is 3. The molecule has 1 N–H and O–H groups in total. The number of carbonyl (C=O) groups excluding carboxylic acids is 1. The molecule has 29 heavy (non-hydrogen) atoms. The highest BCUT2D eigenvalue weighted by atomic mass is 79.9. The van der Waals surface area contributed by atoms with E-state index in [0.717, 1.165) is 47.5 Å². The second-order valence-electron chi connectivity index (χ2n) is 6.89. The number of aryl methyl sites for hydroxylation is 1. The van der Waals surface area contributed by atoms with Crippen molar-refractivity contribution in [3.8, 4) is 17.1 Å². The van der Waals surface area contributed by atoms with Gasteiger partial charge in [0.1, 0.15) is 11.6 Å². The van der Waals surface area contributed by atoms with Gasteiger partial charge in [-0.25, -0.2) is 0 Å². The first kappa shape index (κ1) is 19.9. The zero-order valence-electron chi connectivity index (χ0n) is 15.7. The van der Waals surface area contributed by atoms with Gasteiger partial charge in [-0.15, -0.1) is 10.2 Å². The lowest BCUT2D eigenvalue weighted by Gasteiger charge is -2.11. The SMILES string of the molecule is O=C(COc1ccc(Br)cc1)Nc1ccc(Cl)c(-c2nnc3n2CCCCC3)c1. The summed E-state index contributed by atoms with van der Waals surface area (Å²) in [6, 6.07) is 12.7. The number of fused-ring (bicyclic) bond motifs is 1. The molecular weight excluding hydrogens is 456 g/mol. The molecule has 6 nitrogen and oxygen atoms in total. The molecule has 0 radical (unpaired) electrons. The van der Waals surface area contributed by atoms with Crippen molar-refractivity contribution in [2.75, 3.05) is 11.9 Å². The normalized spacial score (nSPS) is 13.4. The molecule has 0 spiro atoms. The fraction of sp³-hybridized carbons (Fsp3) is 0.286. The summed E-state index contributed by atoms with van der Waals surface area (Å²) in [5.74, 6) is 2.12. The molecule has 150 valence electrons. The molecule has 0 saturated carbocycles. The molecule has 0 bridgehead atoms. The summed E-state index contributed by atoms with van der Waals surface area (Å²) >= 11 is 9.81. The molecule has 0 fully saturated rings. The van der Waals surface area contributed by atoms with Crippen LogP contribution in [0.2, 0.25) is 5.02 Å². The van der Waals surface area contributed by atoms with E-state index in [1.807, 2.05) is 18.2 Å². The van der Waals surface area contributed by atoms with Crippen LogP contribution in [0.1, 0.15) is 25.1 Å². The number of hydrogen-bond donors (Lipinski definition) is 1. The highest BCUT2D eigenvalue weighted by Gasteiger charge is 2.18. The molecule has 0 saturated heterocycles. The van der Waals surface area contributed by atoms with Gasteiger partial charge in [0.05, 0.1) is 5.02 Å². The Labute approximate surface area is 182 Å². The third-order valence-electron chi connectivity index (χ3n) is 4.78. The van der Waals surface area contributed by atoms with E-state index in [0.29, 0.717) is 16.5 Å². The number of halogens is 2. The summed E-state index contributed by atoms with van der Waals surface area (Å²) in [5.41, 5.74) is 1.40. The van der Waals surface area contributed by atoms with Gasteiger partial charge in [0, 0.05) is 28.7 Å². The minimum atomic E-state index is -0.249. The van der Waals surface area contributed by atoms with Crippen LogP contribution in [0.3, 0.4) is 0 Å². The Bertz CT molecular complexity index is 1020. The number of benzene rings is 2. The van der Waals surface area contributed by atoms with Gasteiger partial charge in [0.15, 0.2) is 12.4 Å². The second-order valence-corrected chi connectivity index (χ2v) is 8.21. The quantitative estimate of drug-likeness (QED) is 0.557. The lowest BCUT2D eigenvalue weighted by molar-refractivity contribution is -0.118. The van der Waals surface area contributed by atoms with Crippen LogP contribution in [0.15, 0.2) is 46.9 Å². The largest absolute Gasteiger partial charge is 0.484 e. The standard InChI is InChI=1S/C21H20BrClN4O2/c22-14-5-8-16(9-6-14)29-13-20(28)24-15-7-10-18(23)17(12-15)21-26-25-19-4-2-1-3-11-27(19)21/h5-10,12H,1-4,11,13H2,(H,24,28). The van der Waals surface area contributed by atoms with Crippen LogP contribution in [0, 0.1) is 0 Å². The number of anilines is 1. The van der Waals surface area contributed by atoms with E-state index in [1.165, 1.54) is 6.42 Å². The first-order valence-corrected chi connectivity index (χ1v) is 10.7. The van der Waals surface area contributed by atoms with E-state index >= 15 is 0 Å². The Morgan fingerprint density at radius 1 is 1.14 bits per heavy atom. The van der Waals surface area contributed by atoms with Gasteiger partial charge < -0.3 is 14.6 Å². The topological polar surface area (TPSA) is 69.0 Å². The summed E-state index contributed by atoms with van der Waals surface area (Å²) in [6.45, 7) is 0.797. The predicted octanol–water partition coefficient (Wildman–Crippen LogP) is 5.10. The van der Waals surface area contributed by atoms with Gasteiger partial charge in [0.2, 0.25) is 0 Å². The van der Waals surface area contributed by atoms with Crippen molar-refractivity contribution >= 4 is 39.1 Å². The number of ether oxygens (including phenoxy) is 1. The highest BCUT2D eigenvalue weighted by Crippen LogP contribution is 2.31. The van der Waals surface area contributed by atoms with Crippen LogP contribution in [0.4, 0.5) is 5.69 Å². The molecule has 2 heterocycles. The van der Waals surface area contributed by atoms with Crippen molar-refractivity contribution in [1.29, 1.82) is 0 Å². The number of hydrogen-bond acceptors (Lipinski definition) is 4. The lowest BCUT2D eigenvalue weighted by Crippen LogP contribution is -2.20. The third-order valence-corrected chi connectivity index (χ3v) is 5.64. The van der Waals surface area contributed by atoms with Crippen molar-refractivity contribution in [2.45, 2.75) is 32.2 Å². The summed E-state index contributed by atoms with van der Waals surface area (Å²) < 4.78 is 8.61. The predicted molar refractivity (Wildman–Crippen MR) is 116 cm³/mol. The first-order valence-electron chi connectivity index (χ1n) is 9.50. The Balaban J connectivity index is 1.48. The van der Waals surface area contributed by atoms with E-state index in [1.54, 1.807) is 24.3 Å². The van der Waals surface area contributed by atoms with E-state index in [2.05, 4.69) is 36.0 Å². The van der Waals surface area contributed by atoms with Crippen molar-refractivity contribution in [3.05, 3.63) is 57.8 Å². The molecule has 0 aliphatic carbocycles. The molecule has 8 heteroatoms.